The number of hydrogen-bond donors (Lipinski definition) is 2. The number of nitrogens with zero attached hydrogens (tertiary/aromatic N) is 1. The number of rotatable bonds is 2. The van der Waals surface area contributed by atoms with Gasteiger partial charge < -0.3 is 15.5 Å². The Hall–Kier alpha value is -1.07. The maximum absolute atomic E-state index is 11.4. The zero-order chi connectivity index (χ0) is 9.26. The summed E-state index contributed by atoms with van der Waals surface area (Å²) in [4.78, 5) is 14.2. The summed E-state index contributed by atoms with van der Waals surface area (Å²) in [5.74, 6) is 0. The summed E-state index contributed by atoms with van der Waals surface area (Å²) in [6.45, 7) is 2.25. The SMILES string of the molecule is NCCn1c2c([nH]c1=O)CCOC2. The van der Waals surface area contributed by atoms with Crippen LogP contribution in [0.15, 0.2) is 4.79 Å². The summed E-state index contributed by atoms with van der Waals surface area (Å²) in [6.07, 6.45) is 0.794. The zero-order valence-corrected chi connectivity index (χ0v) is 7.38. The van der Waals surface area contributed by atoms with Gasteiger partial charge in [0, 0.05) is 25.2 Å². The molecule has 0 aliphatic carbocycles. The van der Waals surface area contributed by atoms with Gasteiger partial charge in [0.05, 0.1) is 18.9 Å². The van der Waals surface area contributed by atoms with Crippen LogP contribution in [-0.4, -0.2) is 22.7 Å². The number of H-pyrrole nitrogens is 1. The second-order valence-corrected chi connectivity index (χ2v) is 3.10. The first-order valence-electron chi connectivity index (χ1n) is 4.41. The normalized spacial score (nSPS) is 15.8. The Bertz CT molecular complexity index is 353. The van der Waals surface area contributed by atoms with E-state index in [1.807, 2.05) is 0 Å². The highest BCUT2D eigenvalue weighted by Gasteiger charge is 2.16. The van der Waals surface area contributed by atoms with Gasteiger partial charge in [-0.25, -0.2) is 4.79 Å². The molecule has 1 aromatic rings. The number of nitrogens with two attached hydrogens (primary N) is 1. The van der Waals surface area contributed by atoms with Crippen LogP contribution < -0.4 is 11.4 Å². The minimum atomic E-state index is -0.0686. The molecule has 3 N–H and O–H groups in total. The van der Waals surface area contributed by atoms with Gasteiger partial charge in [0.2, 0.25) is 0 Å². The van der Waals surface area contributed by atoms with E-state index in [0.29, 0.717) is 26.3 Å². The number of nitrogens with one attached hydrogen (secondary N) is 1. The Morgan fingerprint density at radius 2 is 2.46 bits per heavy atom. The van der Waals surface area contributed by atoms with Crippen molar-refractivity contribution in [1.82, 2.24) is 9.55 Å². The molecule has 0 radical (unpaired) electrons. The van der Waals surface area contributed by atoms with Gasteiger partial charge in [-0.15, -0.1) is 0 Å². The van der Waals surface area contributed by atoms with Gasteiger partial charge in [0.25, 0.3) is 0 Å². The van der Waals surface area contributed by atoms with Crippen molar-refractivity contribution in [2.45, 2.75) is 19.6 Å². The molecule has 0 spiro atoms. The Morgan fingerprint density at radius 3 is 3.23 bits per heavy atom. The second-order valence-electron chi connectivity index (χ2n) is 3.10. The maximum atomic E-state index is 11.4. The lowest BCUT2D eigenvalue weighted by atomic mass is 10.2. The third-order valence-electron chi connectivity index (χ3n) is 2.27. The molecule has 2 heterocycles. The fourth-order valence-electron chi connectivity index (χ4n) is 1.63. The molecule has 0 bridgehead atoms. The third kappa shape index (κ3) is 1.40. The summed E-state index contributed by atoms with van der Waals surface area (Å²) in [6, 6.07) is 0. The summed E-state index contributed by atoms with van der Waals surface area (Å²) in [7, 11) is 0. The van der Waals surface area contributed by atoms with Gasteiger partial charge >= 0.3 is 5.69 Å². The topological polar surface area (TPSA) is 73.0 Å². The van der Waals surface area contributed by atoms with E-state index < -0.39 is 0 Å². The van der Waals surface area contributed by atoms with Gasteiger partial charge in [-0.1, -0.05) is 0 Å². The van der Waals surface area contributed by atoms with Crippen LogP contribution in [0.4, 0.5) is 0 Å². The van der Waals surface area contributed by atoms with E-state index in [1.54, 1.807) is 4.57 Å². The molecule has 0 amide bonds. The molecule has 5 nitrogen and oxygen atoms in total. The lowest BCUT2D eigenvalue weighted by Gasteiger charge is -2.13. The van der Waals surface area contributed by atoms with Crippen LogP contribution in [0.25, 0.3) is 0 Å². The lowest BCUT2D eigenvalue weighted by molar-refractivity contribution is 0.104. The summed E-state index contributed by atoms with van der Waals surface area (Å²) in [5.41, 5.74) is 7.30. The molecular formula is C8H13N3O2. The van der Waals surface area contributed by atoms with Crippen molar-refractivity contribution in [3.05, 3.63) is 21.9 Å². The molecule has 5 heteroatoms. The minimum Gasteiger partial charge on any atom is -0.375 e. The lowest BCUT2D eigenvalue weighted by Crippen LogP contribution is -2.24. The molecule has 72 valence electrons. The van der Waals surface area contributed by atoms with Gasteiger partial charge in [-0.05, 0) is 0 Å². The molecule has 0 unspecified atom stereocenters. The van der Waals surface area contributed by atoms with E-state index in [1.165, 1.54) is 0 Å². The first-order chi connectivity index (χ1) is 6.33. The van der Waals surface area contributed by atoms with Crippen molar-refractivity contribution < 1.29 is 4.74 Å². The standard InChI is InChI=1S/C8H13N3O2/c9-2-3-11-7-5-13-4-1-6(7)10-8(11)12/h1-5,9H2,(H,10,12). The van der Waals surface area contributed by atoms with E-state index >= 15 is 0 Å². The van der Waals surface area contributed by atoms with E-state index in [4.69, 9.17) is 10.5 Å². The van der Waals surface area contributed by atoms with E-state index in [-0.39, 0.29) is 5.69 Å². The highest BCUT2D eigenvalue weighted by molar-refractivity contribution is 5.14. The Balaban J connectivity index is 2.42. The van der Waals surface area contributed by atoms with Crippen LogP contribution in [-0.2, 0) is 24.3 Å². The summed E-state index contributed by atoms with van der Waals surface area (Å²) >= 11 is 0. The number of fused-ring (bicyclic) bond motifs is 1. The monoisotopic (exact) mass is 183 g/mol. The molecule has 0 fully saturated rings. The van der Waals surface area contributed by atoms with E-state index in [2.05, 4.69) is 4.98 Å². The average molecular weight is 183 g/mol. The van der Waals surface area contributed by atoms with Crippen molar-refractivity contribution in [1.29, 1.82) is 0 Å². The highest BCUT2D eigenvalue weighted by Crippen LogP contribution is 2.12. The van der Waals surface area contributed by atoms with Crippen LogP contribution in [0, 0.1) is 0 Å². The molecule has 13 heavy (non-hydrogen) atoms. The number of imidazole rings is 1. The summed E-state index contributed by atoms with van der Waals surface area (Å²) in [5, 5.41) is 0. The van der Waals surface area contributed by atoms with Gasteiger partial charge in [0.1, 0.15) is 0 Å². The predicted octanol–water partition coefficient (Wildman–Crippen LogP) is -0.792. The maximum Gasteiger partial charge on any atom is 0.326 e. The fraction of sp³-hybridized carbons (Fsp3) is 0.625. The van der Waals surface area contributed by atoms with Crippen molar-refractivity contribution in [2.24, 2.45) is 5.73 Å². The Kier molecular flexibility index (Phi) is 2.20. The predicted molar refractivity (Wildman–Crippen MR) is 47.5 cm³/mol. The van der Waals surface area contributed by atoms with Gasteiger partial charge in [-0.2, -0.15) is 0 Å². The molecule has 0 aromatic carbocycles. The van der Waals surface area contributed by atoms with Crippen molar-refractivity contribution in [3.8, 4) is 0 Å². The van der Waals surface area contributed by atoms with E-state index in [0.717, 1.165) is 17.8 Å². The number of aromatic nitrogens is 2. The average Bonchev–Trinajstić information content (AvgIpc) is 2.44. The molecule has 0 saturated heterocycles. The Labute approximate surface area is 75.5 Å². The zero-order valence-electron chi connectivity index (χ0n) is 7.38. The highest BCUT2D eigenvalue weighted by atomic mass is 16.5. The quantitative estimate of drug-likeness (QED) is 0.631. The fourth-order valence-corrected chi connectivity index (χ4v) is 1.63. The van der Waals surface area contributed by atoms with Crippen molar-refractivity contribution in [2.75, 3.05) is 13.2 Å². The van der Waals surface area contributed by atoms with Gasteiger partial charge in [-0.3, -0.25) is 4.57 Å². The summed E-state index contributed by atoms with van der Waals surface area (Å²) < 4.78 is 6.94. The molecule has 1 aliphatic rings. The number of aromatic amines is 1. The molecule has 2 rings (SSSR count). The molecule has 1 aliphatic heterocycles. The number of ether oxygens (including phenoxy) is 1. The largest absolute Gasteiger partial charge is 0.375 e. The third-order valence-corrected chi connectivity index (χ3v) is 2.27. The molecule has 0 saturated carbocycles. The number of hydrogen-bond acceptors (Lipinski definition) is 3. The molecule has 0 atom stereocenters. The van der Waals surface area contributed by atoms with Crippen LogP contribution in [0.1, 0.15) is 11.4 Å². The first-order valence-corrected chi connectivity index (χ1v) is 4.41. The Morgan fingerprint density at radius 1 is 1.62 bits per heavy atom. The van der Waals surface area contributed by atoms with Gasteiger partial charge in [0.15, 0.2) is 0 Å². The molecular weight excluding hydrogens is 170 g/mol. The molecule has 1 aromatic heterocycles. The van der Waals surface area contributed by atoms with Crippen LogP contribution >= 0.6 is 0 Å². The smallest absolute Gasteiger partial charge is 0.326 e. The first kappa shape index (κ1) is 8.52. The van der Waals surface area contributed by atoms with E-state index in [9.17, 15) is 4.79 Å². The van der Waals surface area contributed by atoms with Crippen molar-refractivity contribution in [3.63, 3.8) is 0 Å². The minimum absolute atomic E-state index is 0.0686. The van der Waals surface area contributed by atoms with Crippen LogP contribution in [0.2, 0.25) is 0 Å². The van der Waals surface area contributed by atoms with Crippen molar-refractivity contribution >= 4 is 0 Å². The second kappa shape index (κ2) is 3.35. The van der Waals surface area contributed by atoms with Crippen LogP contribution in [0.3, 0.4) is 0 Å². The van der Waals surface area contributed by atoms with Crippen LogP contribution in [0.5, 0.6) is 0 Å².